The minimum Gasteiger partial charge on any atom is -0.335 e. The molecule has 4 aromatic rings. The minimum absolute atomic E-state index is 0.0337. The molecule has 2 amide bonds. The van der Waals surface area contributed by atoms with E-state index < -0.39 is 11.7 Å². The zero-order valence-corrected chi connectivity index (χ0v) is 21.1. The van der Waals surface area contributed by atoms with Gasteiger partial charge in [-0.15, -0.1) is 11.3 Å². The van der Waals surface area contributed by atoms with Gasteiger partial charge in [0.25, 0.3) is 11.8 Å². The van der Waals surface area contributed by atoms with E-state index in [1.54, 1.807) is 52.0 Å². The standard InChI is InChI=1S/C27H24F3N5O2S/c28-27(29,30)20-2-1-3-21(13-20)35-7-6-18-12-19(4-5-24(18)35)25(36)34-14-22(15-34)32-8-10-33(11-9-32)26(37)23-16-38-17-31-23/h1-7,12-13,16-17,22H,8-11,14-15H2. The zero-order valence-electron chi connectivity index (χ0n) is 20.3. The summed E-state index contributed by atoms with van der Waals surface area (Å²) in [6.07, 6.45) is -2.70. The Morgan fingerprint density at radius 2 is 1.71 bits per heavy atom. The third-order valence-corrected chi connectivity index (χ3v) is 7.89. The van der Waals surface area contributed by atoms with Crippen LogP contribution in [0.15, 0.2) is 65.6 Å². The zero-order chi connectivity index (χ0) is 26.4. The molecule has 2 saturated heterocycles. The van der Waals surface area contributed by atoms with Crippen LogP contribution in [-0.2, 0) is 6.18 Å². The predicted octanol–water partition coefficient (Wildman–Crippen LogP) is 4.39. The Hall–Kier alpha value is -3.70. The number of hydrogen-bond donors (Lipinski definition) is 0. The van der Waals surface area contributed by atoms with Crippen LogP contribution in [0.1, 0.15) is 26.4 Å². The van der Waals surface area contributed by atoms with E-state index in [4.69, 9.17) is 0 Å². The molecule has 0 unspecified atom stereocenters. The lowest BCUT2D eigenvalue weighted by Crippen LogP contribution is -2.64. The molecule has 0 bridgehead atoms. The molecule has 38 heavy (non-hydrogen) atoms. The second-order valence-electron chi connectivity index (χ2n) is 9.57. The molecule has 0 aliphatic carbocycles. The second kappa shape index (κ2) is 9.55. The molecule has 6 rings (SSSR count). The molecular formula is C27H24F3N5O2S. The quantitative estimate of drug-likeness (QED) is 0.386. The molecule has 2 aromatic heterocycles. The Morgan fingerprint density at radius 1 is 0.921 bits per heavy atom. The average molecular weight is 540 g/mol. The fourth-order valence-corrected chi connectivity index (χ4v) is 5.66. The molecule has 0 N–H and O–H groups in total. The van der Waals surface area contributed by atoms with E-state index in [-0.39, 0.29) is 17.9 Å². The van der Waals surface area contributed by atoms with Gasteiger partial charge in [0.15, 0.2) is 0 Å². The summed E-state index contributed by atoms with van der Waals surface area (Å²) in [5, 5.41) is 2.55. The van der Waals surface area contributed by atoms with E-state index in [9.17, 15) is 22.8 Å². The Balaban J connectivity index is 1.08. The van der Waals surface area contributed by atoms with Gasteiger partial charge in [-0.05, 0) is 42.5 Å². The molecule has 0 spiro atoms. The van der Waals surface area contributed by atoms with Gasteiger partial charge in [-0.3, -0.25) is 14.5 Å². The normalized spacial score (nSPS) is 17.1. The van der Waals surface area contributed by atoms with Crippen molar-refractivity contribution < 1.29 is 22.8 Å². The van der Waals surface area contributed by atoms with Crippen LogP contribution >= 0.6 is 11.3 Å². The molecule has 2 aliphatic rings. The lowest BCUT2D eigenvalue weighted by molar-refractivity contribution is -0.137. The molecule has 2 fully saturated rings. The van der Waals surface area contributed by atoms with Crippen LogP contribution in [0.5, 0.6) is 0 Å². The number of carbonyl (C=O) groups is 2. The number of nitrogens with zero attached hydrogens (tertiary/aromatic N) is 5. The Labute approximate surface area is 220 Å². The van der Waals surface area contributed by atoms with Crippen molar-refractivity contribution in [1.82, 2.24) is 24.3 Å². The van der Waals surface area contributed by atoms with Gasteiger partial charge in [-0.2, -0.15) is 13.2 Å². The monoisotopic (exact) mass is 539 g/mol. The number of halogens is 3. The highest BCUT2D eigenvalue weighted by Crippen LogP contribution is 2.31. The van der Waals surface area contributed by atoms with Crippen LogP contribution in [0.25, 0.3) is 16.6 Å². The van der Waals surface area contributed by atoms with Crippen molar-refractivity contribution in [3.05, 3.63) is 82.4 Å². The van der Waals surface area contributed by atoms with Gasteiger partial charge in [0.1, 0.15) is 5.69 Å². The topological polar surface area (TPSA) is 61.7 Å². The number of aromatic nitrogens is 2. The maximum Gasteiger partial charge on any atom is 0.416 e. The van der Waals surface area contributed by atoms with Crippen molar-refractivity contribution in [2.45, 2.75) is 12.2 Å². The number of piperazine rings is 1. The number of amides is 2. The summed E-state index contributed by atoms with van der Waals surface area (Å²) >= 11 is 1.41. The van der Waals surface area contributed by atoms with Gasteiger partial charge in [0.2, 0.25) is 0 Å². The average Bonchev–Trinajstić information content (AvgIpc) is 3.57. The molecule has 7 nitrogen and oxygen atoms in total. The molecular weight excluding hydrogens is 515 g/mol. The van der Waals surface area contributed by atoms with Crippen molar-refractivity contribution in [3.8, 4) is 5.69 Å². The van der Waals surface area contributed by atoms with Gasteiger partial charge in [0.05, 0.1) is 16.6 Å². The fraction of sp³-hybridized carbons (Fsp3) is 0.296. The van der Waals surface area contributed by atoms with E-state index in [1.165, 1.54) is 17.4 Å². The summed E-state index contributed by atoms with van der Waals surface area (Å²) < 4.78 is 41.2. The van der Waals surface area contributed by atoms with Gasteiger partial charge in [-0.1, -0.05) is 6.07 Å². The highest BCUT2D eigenvalue weighted by Gasteiger charge is 2.37. The second-order valence-corrected chi connectivity index (χ2v) is 10.3. The summed E-state index contributed by atoms with van der Waals surface area (Å²) in [7, 11) is 0. The molecule has 2 aliphatic heterocycles. The van der Waals surface area contributed by atoms with E-state index >= 15 is 0 Å². The van der Waals surface area contributed by atoms with Crippen LogP contribution in [0.3, 0.4) is 0 Å². The number of carbonyl (C=O) groups excluding carboxylic acids is 2. The molecule has 0 radical (unpaired) electrons. The summed E-state index contributed by atoms with van der Waals surface area (Å²) in [4.78, 5) is 35.7. The molecule has 2 aromatic carbocycles. The highest BCUT2D eigenvalue weighted by molar-refractivity contribution is 7.07. The maximum absolute atomic E-state index is 13.2. The Morgan fingerprint density at radius 3 is 2.42 bits per heavy atom. The van der Waals surface area contributed by atoms with E-state index in [0.717, 1.165) is 36.1 Å². The van der Waals surface area contributed by atoms with Gasteiger partial charge in [0, 0.05) is 73.5 Å². The SMILES string of the molecule is O=C(c1ccc2c(ccn2-c2cccc(C(F)(F)F)c2)c1)N1CC(N2CCN(C(=O)c3cscn3)CC2)C1. The van der Waals surface area contributed by atoms with Crippen LogP contribution in [0.4, 0.5) is 13.2 Å². The first kappa shape index (κ1) is 24.6. The van der Waals surface area contributed by atoms with E-state index in [1.807, 2.05) is 9.80 Å². The van der Waals surface area contributed by atoms with Crippen molar-refractivity contribution in [3.63, 3.8) is 0 Å². The summed E-state index contributed by atoms with van der Waals surface area (Å²) in [6.45, 7) is 4.06. The van der Waals surface area contributed by atoms with Crippen LogP contribution in [-0.4, -0.2) is 81.4 Å². The third kappa shape index (κ3) is 4.56. The molecule has 196 valence electrons. The highest BCUT2D eigenvalue weighted by atomic mass is 32.1. The van der Waals surface area contributed by atoms with Crippen molar-refractivity contribution in [2.24, 2.45) is 0 Å². The van der Waals surface area contributed by atoms with Gasteiger partial charge >= 0.3 is 6.18 Å². The number of alkyl halides is 3. The third-order valence-electron chi connectivity index (χ3n) is 7.31. The first-order chi connectivity index (χ1) is 18.3. The number of benzene rings is 2. The smallest absolute Gasteiger partial charge is 0.335 e. The van der Waals surface area contributed by atoms with Crippen LogP contribution in [0.2, 0.25) is 0 Å². The largest absolute Gasteiger partial charge is 0.416 e. The van der Waals surface area contributed by atoms with Gasteiger partial charge in [-0.25, -0.2) is 4.98 Å². The summed E-state index contributed by atoms with van der Waals surface area (Å²) in [5.74, 6) is -0.0964. The Bertz CT molecular complexity index is 1490. The maximum atomic E-state index is 13.2. The number of thiazole rings is 1. The van der Waals surface area contributed by atoms with Crippen LogP contribution in [0, 0.1) is 0 Å². The molecule has 4 heterocycles. The lowest BCUT2D eigenvalue weighted by Gasteiger charge is -2.48. The predicted molar refractivity (Wildman–Crippen MR) is 138 cm³/mol. The summed E-state index contributed by atoms with van der Waals surface area (Å²) in [6, 6.07) is 12.5. The molecule has 0 saturated carbocycles. The summed E-state index contributed by atoms with van der Waals surface area (Å²) in [5.41, 5.74) is 3.14. The van der Waals surface area contributed by atoms with Crippen molar-refractivity contribution >= 4 is 34.1 Å². The van der Waals surface area contributed by atoms with E-state index in [0.29, 0.717) is 43.1 Å². The fourth-order valence-electron chi connectivity index (χ4n) is 5.14. The Kier molecular flexibility index (Phi) is 6.19. The van der Waals surface area contributed by atoms with Gasteiger partial charge < -0.3 is 14.4 Å². The number of fused-ring (bicyclic) bond motifs is 1. The molecule has 11 heteroatoms. The molecule has 0 atom stereocenters. The lowest BCUT2D eigenvalue weighted by atomic mass is 10.0. The number of rotatable bonds is 4. The first-order valence-corrected chi connectivity index (χ1v) is 13.2. The minimum atomic E-state index is -4.42. The van der Waals surface area contributed by atoms with Crippen molar-refractivity contribution in [1.29, 1.82) is 0 Å². The van der Waals surface area contributed by atoms with Crippen LogP contribution < -0.4 is 0 Å². The van der Waals surface area contributed by atoms with E-state index in [2.05, 4.69) is 9.88 Å². The first-order valence-electron chi connectivity index (χ1n) is 12.3. The number of likely N-dealkylation sites (tertiary alicyclic amines) is 1. The van der Waals surface area contributed by atoms with Crippen molar-refractivity contribution in [2.75, 3.05) is 39.3 Å². The number of hydrogen-bond acceptors (Lipinski definition) is 5.